The molecule has 2 aliphatic rings. The molecule has 1 amide bonds. The Morgan fingerprint density at radius 2 is 1.30 bits per heavy atom. The minimum absolute atomic E-state index is 0.126. The molecule has 0 aliphatic carbocycles. The molecule has 0 saturated carbocycles. The number of rotatable bonds is 12. The Labute approximate surface area is 300 Å². The number of nitrogens with zero attached hydrogens (tertiary/aromatic N) is 2. The van der Waals surface area contributed by atoms with Gasteiger partial charge in [0.05, 0.1) is 5.56 Å². The highest BCUT2D eigenvalue weighted by atomic mass is 32.1. The zero-order valence-corrected chi connectivity index (χ0v) is 30.2. The Morgan fingerprint density at radius 1 is 0.720 bits per heavy atom. The van der Waals surface area contributed by atoms with E-state index in [1.807, 2.05) is 61.5 Å². The molecule has 3 N–H and O–H groups in total. The minimum atomic E-state index is -1.18. The molecule has 9 nitrogen and oxygen atoms in total. The highest BCUT2D eigenvalue weighted by Gasteiger charge is 2.53. The lowest BCUT2D eigenvalue weighted by Gasteiger charge is -2.38. The molecule has 0 atom stereocenters. The van der Waals surface area contributed by atoms with E-state index in [1.165, 1.54) is 0 Å². The number of thiocarbonyl (C=S) groups is 1. The number of benzene rings is 4. The SMILES string of the molecule is CCN(CC)c1ccc2c(c1)Oc1cc(N(CC)CC)ccc1C21OC(=O)c2ccc(CNC(=S)NCCNC(=O)c3ccc(C)cc3)cc21. The van der Waals surface area contributed by atoms with Crippen molar-refractivity contribution in [1.29, 1.82) is 0 Å². The van der Waals surface area contributed by atoms with Crippen LogP contribution in [0.2, 0.25) is 0 Å². The molecule has 10 heteroatoms. The molecule has 0 aromatic heterocycles. The van der Waals surface area contributed by atoms with Gasteiger partial charge in [0.15, 0.2) is 10.7 Å². The van der Waals surface area contributed by atoms with Gasteiger partial charge in [-0.2, -0.15) is 0 Å². The van der Waals surface area contributed by atoms with Gasteiger partial charge in [-0.05, 0) is 101 Å². The van der Waals surface area contributed by atoms with Gasteiger partial charge in [-0.1, -0.05) is 23.8 Å². The maximum atomic E-state index is 13.6. The van der Waals surface area contributed by atoms with Gasteiger partial charge in [-0.15, -0.1) is 0 Å². The van der Waals surface area contributed by atoms with Gasteiger partial charge in [-0.3, -0.25) is 4.79 Å². The van der Waals surface area contributed by atoms with Crippen molar-refractivity contribution >= 4 is 40.6 Å². The number of esters is 1. The smallest absolute Gasteiger partial charge is 0.340 e. The summed E-state index contributed by atoms with van der Waals surface area (Å²) in [6.07, 6.45) is 0. The summed E-state index contributed by atoms with van der Waals surface area (Å²) in [6.45, 7) is 15.3. The van der Waals surface area contributed by atoms with E-state index >= 15 is 0 Å². The molecule has 50 heavy (non-hydrogen) atoms. The highest BCUT2D eigenvalue weighted by molar-refractivity contribution is 7.80. The average Bonchev–Trinajstić information content (AvgIpc) is 3.41. The first-order valence-electron chi connectivity index (χ1n) is 17.4. The Kier molecular flexibility index (Phi) is 10.3. The second-order valence-corrected chi connectivity index (χ2v) is 12.9. The predicted octanol–water partition coefficient (Wildman–Crippen LogP) is 6.65. The number of aryl methyl sites for hydroxylation is 1. The molecule has 0 fully saturated rings. The monoisotopic (exact) mass is 691 g/mol. The molecule has 0 radical (unpaired) electrons. The molecule has 1 spiro atoms. The summed E-state index contributed by atoms with van der Waals surface area (Å²) < 4.78 is 13.1. The van der Waals surface area contributed by atoms with Crippen LogP contribution in [0.15, 0.2) is 78.9 Å². The third-order valence-electron chi connectivity index (χ3n) is 9.56. The molecular weight excluding hydrogens is 647 g/mol. The maximum Gasteiger partial charge on any atom is 0.340 e. The Morgan fingerprint density at radius 3 is 1.88 bits per heavy atom. The number of hydrogen-bond acceptors (Lipinski definition) is 7. The molecule has 2 heterocycles. The second-order valence-electron chi connectivity index (χ2n) is 12.5. The van der Waals surface area contributed by atoms with Crippen LogP contribution in [0.5, 0.6) is 11.5 Å². The summed E-state index contributed by atoms with van der Waals surface area (Å²) in [6, 6.07) is 25.6. The van der Waals surface area contributed by atoms with Crippen LogP contribution in [0.25, 0.3) is 0 Å². The summed E-state index contributed by atoms with van der Waals surface area (Å²) in [5.74, 6) is 0.841. The highest BCUT2D eigenvalue weighted by Crippen LogP contribution is 2.57. The molecule has 0 unspecified atom stereocenters. The summed E-state index contributed by atoms with van der Waals surface area (Å²) >= 11 is 5.55. The molecule has 0 saturated heterocycles. The summed E-state index contributed by atoms with van der Waals surface area (Å²) in [4.78, 5) is 30.6. The van der Waals surface area contributed by atoms with E-state index < -0.39 is 5.60 Å². The van der Waals surface area contributed by atoms with Crippen LogP contribution in [-0.2, 0) is 16.9 Å². The van der Waals surface area contributed by atoms with Crippen molar-refractivity contribution in [1.82, 2.24) is 16.0 Å². The summed E-state index contributed by atoms with van der Waals surface area (Å²) in [5.41, 5.74) is 6.46. The standard InChI is InChI=1S/C40H45N5O4S/c1-6-44(7-2)29-15-18-32-35(23-29)48-36-24-30(45(8-3)9-4)16-19-33(36)40(32)34-22-27(12-17-31(34)38(47)49-40)25-43-39(50)42-21-20-41-37(46)28-13-10-26(5)11-14-28/h10-19,22-24H,6-9,20-21,25H2,1-5H3,(H,41,46)(H2,42,43,50). The Balaban J connectivity index is 1.25. The first kappa shape index (κ1) is 34.8. The number of nitrogens with one attached hydrogen (secondary N) is 3. The lowest BCUT2D eigenvalue weighted by Crippen LogP contribution is -2.39. The van der Waals surface area contributed by atoms with E-state index in [4.69, 9.17) is 21.7 Å². The molecule has 260 valence electrons. The fourth-order valence-corrected chi connectivity index (χ4v) is 7.00. The van der Waals surface area contributed by atoms with Crippen molar-refractivity contribution < 1.29 is 19.1 Å². The van der Waals surface area contributed by atoms with E-state index in [0.717, 1.165) is 65.4 Å². The van der Waals surface area contributed by atoms with Crippen LogP contribution in [-0.4, -0.2) is 56.3 Å². The predicted molar refractivity (Wildman–Crippen MR) is 203 cm³/mol. The Bertz CT molecular complexity index is 1840. The zero-order valence-electron chi connectivity index (χ0n) is 29.4. The van der Waals surface area contributed by atoms with Crippen LogP contribution >= 0.6 is 12.2 Å². The van der Waals surface area contributed by atoms with E-state index in [2.05, 4.69) is 77.7 Å². The zero-order chi connectivity index (χ0) is 35.4. The van der Waals surface area contributed by atoms with E-state index in [1.54, 1.807) is 0 Å². The fraction of sp³-hybridized carbons (Fsp3) is 0.325. The topological polar surface area (TPSA) is 95.2 Å². The first-order valence-corrected chi connectivity index (χ1v) is 17.8. The number of hydrogen-bond donors (Lipinski definition) is 3. The van der Waals surface area contributed by atoms with Gasteiger partial charge in [0.2, 0.25) is 0 Å². The number of carbonyl (C=O) groups is 2. The molecule has 4 aromatic carbocycles. The van der Waals surface area contributed by atoms with Crippen LogP contribution in [0, 0.1) is 6.92 Å². The molecule has 2 aliphatic heterocycles. The number of fused-ring (bicyclic) bond motifs is 6. The van der Waals surface area contributed by atoms with Crippen LogP contribution in [0.3, 0.4) is 0 Å². The van der Waals surface area contributed by atoms with Crippen molar-refractivity contribution in [2.45, 2.75) is 46.8 Å². The summed E-state index contributed by atoms with van der Waals surface area (Å²) in [5, 5.41) is 9.81. The fourth-order valence-electron chi connectivity index (χ4n) is 6.83. The van der Waals surface area contributed by atoms with Crippen molar-refractivity contribution in [3.05, 3.63) is 118 Å². The Hall–Kier alpha value is -5.09. The van der Waals surface area contributed by atoms with Crippen LogP contribution in [0.1, 0.15) is 76.2 Å². The number of ether oxygens (including phenoxy) is 2. The van der Waals surface area contributed by atoms with Gasteiger partial charge in [0, 0.05) is 91.6 Å². The van der Waals surface area contributed by atoms with Crippen LogP contribution in [0.4, 0.5) is 11.4 Å². The lowest BCUT2D eigenvalue weighted by molar-refractivity contribution is 0.0224. The molecule has 4 aromatic rings. The first-order chi connectivity index (χ1) is 24.2. The lowest BCUT2D eigenvalue weighted by atomic mass is 9.77. The number of anilines is 2. The van der Waals surface area contributed by atoms with Gasteiger partial charge >= 0.3 is 5.97 Å². The van der Waals surface area contributed by atoms with Crippen molar-refractivity contribution in [2.24, 2.45) is 0 Å². The van der Waals surface area contributed by atoms with Gasteiger partial charge in [-0.25, -0.2) is 4.79 Å². The van der Waals surface area contributed by atoms with Gasteiger partial charge in [0.25, 0.3) is 5.91 Å². The maximum absolute atomic E-state index is 13.6. The van der Waals surface area contributed by atoms with Gasteiger partial charge in [0.1, 0.15) is 11.5 Å². The van der Waals surface area contributed by atoms with Gasteiger partial charge < -0.3 is 35.2 Å². The molecule has 6 rings (SSSR count). The number of amides is 1. The normalized spacial score (nSPS) is 13.3. The molecule has 0 bridgehead atoms. The third kappa shape index (κ3) is 6.59. The largest absolute Gasteiger partial charge is 0.456 e. The molecular formula is C40H45N5O4S. The van der Waals surface area contributed by atoms with Crippen LogP contribution < -0.4 is 30.5 Å². The van der Waals surface area contributed by atoms with E-state index in [9.17, 15) is 9.59 Å². The quantitative estimate of drug-likeness (QED) is 0.0858. The average molecular weight is 692 g/mol. The second kappa shape index (κ2) is 14.8. The van der Waals surface area contributed by atoms with E-state index in [0.29, 0.717) is 47.4 Å². The third-order valence-corrected chi connectivity index (χ3v) is 9.85. The minimum Gasteiger partial charge on any atom is -0.456 e. The van der Waals surface area contributed by atoms with Crippen molar-refractivity contribution in [3.8, 4) is 11.5 Å². The van der Waals surface area contributed by atoms with Crippen molar-refractivity contribution in [2.75, 3.05) is 49.1 Å². The summed E-state index contributed by atoms with van der Waals surface area (Å²) in [7, 11) is 0. The van der Waals surface area contributed by atoms with E-state index in [-0.39, 0.29) is 11.9 Å². The van der Waals surface area contributed by atoms with Crippen molar-refractivity contribution in [3.63, 3.8) is 0 Å². The number of carbonyl (C=O) groups excluding carboxylic acids is 2.